The summed E-state index contributed by atoms with van der Waals surface area (Å²) >= 11 is 0. The van der Waals surface area contributed by atoms with Crippen LogP contribution in [0.4, 0.5) is 11.6 Å². The fourth-order valence-corrected chi connectivity index (χ4v) is 2.05. The lowest BCUT2D eigenvalue weighted by Crippen LogP contribution is -2.15. The van der Waals surface area contributed by atoms with Gasteiger partial charge in [0.2, 0.25) is 5.95 Å². The maximum Gasteiger partial charge on any atom is 0.303 e. The van der Waals surface area contributed by atoms with Crippen LogP contribution in [0.1, 0.15) is 28.2 Å². The Balaban J connectivity index is 2.12. The van der Waals surface area contributed by atoms with Gasteiger partial charge in [0.05, 0.1) is 0 Å². The van der Waals surface area contributed by atoms with Crippen molar-refractivity contribution in [1.82, 2.24) is 9.97 Å². The van der Waals surface area contributed by atoms with Gasteiger partial charge in [-0.3, -0.25) is 9.59 Å². The molecule has 0 unspecified atom stereocenters. The standard InChI is InChI=1S/C16H18N4O3/c1-10-8-13(20-16(17-2)18-10)15(23)19-12-5-3-4-11(9-12)6-7-14(21)22/h3-5,8-9H,6-7H2,1-2H3,(H,19,23)(H,21,22)(H,17,18,20). The molecule has 0 bridgehead atoms. The van der Waals surface area contributed by atoms with Gasteiger partial charge in [0.15, 0.2) is 0 Å². The number of carboxylic acid groups (broad SMARTS) is 1. The molecular weight excluding hydrogens is 296 g/mol. The van der Waals surface area contributed by atoms with Crippen LogP contribution in [0.15, 0.2) is 30.3 Å². The van der Waals surface area contributed by atoms with E-state index in [-0.39, 0.29) is 18.0 Å². The zero-order chi connectivity index (χ0) is 16.8. The van der Waals surface area contributed by atoms with E-state index in [2.05, 4.69) is 20.6 Å². The van der Waals surface area contributed by atoms with Crippen LogP contribution >= 0.6 is 0 Å². The Bertz CT molecular complexity index is 731. The average molecular weight is 314 g/mol. The van der Waals surface area contributed by atoms with Crippen molar-refractivity contribution in [2.45, 2.75) is 19.8 Å². The first-order chi connectivity index (χ1) is 11.0. The molecule has 0 aliphatic rings. The molecule has 0 aliphatic carbocycles. The molecule has 0 atom stereocenters. The highest BCUT2D eigenvalue weighted by molar-refractivity contribution is 6.03. The van der Waals surface area contributed by atoms with E-state index in [0.717, 1.165) is 5.56 Å². The summed E-state index contributed by atoms with van der Waals surface area (Å²) in [5, 5.41) is 14.3. The van der Waals surface area contributed by atoms with E-state index < -0.39 is 5.97 Å². The van der Waals surface area contributed by atoms with Crippen molar-refractivity contribution in [3.8, 4) is 0 Å². The molecule has 0 aliphatic heterocycles. The van der Waals surface area contributed by atoms with Crippen LogP contribution in [0.5, 0.6) is 0 Å². The number of carbonyl (C=O) groups excluding carboxylic acids is 1. The second kappa shape index (κ2) is 7.35. The van der Waals surface area contributed by atoms with E-state index in [0.29, 0.717) is 23.8 Å². The lowest BCUT2D eigenvalue weighted by atomic mass is 10.1. The van der Waals surface area contributed by atoms with Crippen LogP contribution in [-0.2, 0) is 11.2 Å². The maximum atomic E-state index is 12.3. The highest BCUT2D eigenvalue weighted by Gasteiger charge is 2.11. The lowest BCUT2D eigenvalue weighted by molar-refractivity contribution is -0.136. The summed E-state index contributed by atoms with van der Waals surface area (Å²) in [5.74, 6) is -0.816. The van der Waals surface area contributed by atoms with Gasteiger partial charge in [0, 0.05) is 24.8 Å². The predicted molar refractivity (Wildman–Crippen MR) is 86.7 cm³/mol. The van der Waals surface area contributed by atoms with E-state index in [1.807, 2.05) is 6.07 Å². The summed E-state index contributed by atoms with van der Waals surface area (Å²) in [6.07, 6.45) is 0.462. The normalized spacial score (nSPS) is 10.2. The molecule has 1 aromatic heterocycles. The Morgan fingerprint density at radius 3 is 2.70 bits per heavy atom. The number of aryl methyl sites for hydroxylation is 2. The first kappa shape index (κ1) is 16.4. The summed E-state index contributed by atoms with van der Waals surface area (Å²) < 4.78 is 0. The van der Waals surface area contributed by atoms with Crippen molar-refractivity contribution in [2.75, 3.05) is 17.7 Å². The van der Waals surface area contributed by atoms with E-state index >= 15 is 0 Å². The molecule has 1 amide bonds. The van der Waals surface area contributed by atoms with E-state index in [1.54, 1.807) is 38.2 Å². The molecule has 1 heterocycles. The number of benzene rings is 1. The van der Waals surface area contributed by atoms with Crippen LogP contribution in [0.2, 0.25) is 0 Å². The van der Waals surface area contributed by atoms with Gasteiger partial charge in [0.1, 0.15) is 5.69 Å². The smallest absolute Gasteiger partial charge is 0.303 e. The molecule has 120 valence electrons. The molecule has 7 heteroatoms. The Morgan fingerprint density at radius 2 is 2.00 bits per heavy atom. The molecule has 0 spiro atoms. The number of nitrogens with one attached hydrogen (secondary N) is 2. The number of aliphatic carboxylic acids is 1. The number of nitrogens with zero attached hydrogens (tertiary/aromatic N) is 2. The van der Waals surface area contributed by atoms with Crippen molar-refractivity contribution in [3.05, 3.63) is 47.3 Å². The highest BCUT2D eigenvalue weighted by atomic mass is 16.4. The first-order valence-corrected chi connectivity index (χ1v) is 7.13. The first-order valence-electron chi connectivity index (χ1n) is 7.13. The topological polar surface area (TPSA) is 104 Å². The molecule has 23 heavy (non-hydrogen) atoms. The summed E-state index contributed by atoms with van der Waals surface area (Å²) in [6.45, 7) is 1.78. The third-order valence-corrected chi connectivity index (χ3v) is 3.12. The van der Waals surface area contributed by atoms with E-state index in [1.165, 1.54) is 0 Å². The number of hydrogen-bond acceptors (Lipinski definition) is 5. The minimum absolute atomic E-state index is 0.0496. The van der Waals surface area contributed by atoms with Crippen molar-refractivity contribution < 1.29 is 14.7 Å². The van der Waals surface area contributed by atoms with Gasteiger partial charge in [-0.2, -0.15) is 0 Å². The molecule has 1 aromatic carbocycles. The van der Waals surface area contributed by atoms with Crippen molar-refractivity contribution in [2.24, 2.45) is 0 Å². The number of carbonyl (C=O) groups is 2. The van der Waals surface area contributed by atoms with Crippen LogP contribution in [-0.4, -0.2) is 34.0 Å². The zero-order valence-electron chi connectivity index (χ0n) is 13.0. The minimum atomic E-state index is -0.851. The Kier molecular flexibility index (Phi) is 5.24. The fourth-order valence-electron chi connectivity index (χ4n) is 2.05. The summed E-state index contributed by atoms with van der Waals surface area (Å²) in [5.41, 5.74) is 2.39. The van der Waals surface area contributed by atoms with Crippen LogP contribution < -0.4 is 10.6 Å². The summed E-state index contributed by atoms with van der Waals surface area (Å²) in [7, 11) is 1.68. The van der Waals surface area contributed by atoms with Gasteiger partial charge in [-0.15, -0.1) is 0 Å². The third kappa shape index (κ3) is 4.77. The van der Waals surface area contributed by atoms with Crippen molar-refractivity contribution in [1.29, 1.82) is 0 Å². The molecule has 0 saturated carbocycles. The van der Waals surface area contributed by atoms with E-state index in [9.17, 15) is 9.59 Å². The summed E-state index contributed by atoms with van der Waals surface area (Å²) in [6, 6.07) is 8.71. The fraction of sp³-hybridized carbons (Fsp3) is 0.250. The second-order valence-corrected chi connectivity index (χ2v) is 5.02. The Labute approximate surface area is 133 Å². The zero-order valence-corrected chi connectivity index (χ0v) is 13.0. The minimum Gasteiger partial charge on any atom is -0.481 e. The summed E-state index contributed by atoms with van der Waals surface area (Å²) in [4.78, 5) is 31.2. The number of hydrogen-bond donors (Lipinski definition) is 3. The lowest BCUT2D eigenvalue weighted by Gasteiger charge is -2.08. The van der Waals surface area contributed by atoms with E-state index in [4.69, 9.17) is 5.11 Å². The maximum absolute atomic E-state index is 12.3. The molecular formula is C16H18N4O3. The van der Waals surface area contributed by atoms with Crippen LogP contribution in [0, 0.1) is 6.92 Å². The number of amides is 1. The third-order valence-electron chi connectivity index (χ3n) is 3.12. The molecule has 7 nitrogen and oxygen atoms in total. The Morgan fingerprint density at radius 1 is 1.22 bits per heavy atom. The SMILES string of the molecule is CNc1nc(C)cc(C(=O)Nc2cccc(CCC(=O)O)c2)n1. The monoisotopic (exact) mass is 314 g/mol. The average Bonchev–Trinajstić information content (AvgIpc) is 2.52. The van der Waals surface area contributed by atoms with Crippen molar-refractivity contribution in [3.63, 3.8) is 0 Å². The van der Waals surface area contributed by atoms with Crippen LogP contribution in [0.25, 0.3) is 0 Å². The molecule has 0 radical (unpaired) electrons. The molecule has 0 saturated heterocycles. The van der Waals surface area contributed by atoms with Gasteiger partial charge in [-0.05, 0) is 37.1 Å². The number of anilines is 2. The quantitative estimate of drug-likeness (QED) is 0.754. The molecule has 2 aromatic rings. The Hall–Kier alpha value is -2.96. The highest BCUT2D eigenvalue weighted by Crippen LogP contribution is 2.14. The largest absolute Gasteiger partial charge is 0.481 e. The van der Waals surface area contributed by atoms with Gasteiger partial charge < -0.3 is 15.7 Å². The van der Waals surface area contributed by atoms with Crippen LogP contribution in [0.3, 0.4) is 0 Å². The van der Waals surface area contributed by atoms with Gasteiger partial charge in [0.25, 0.3) is 5.91 Å². The molecule has 3 N–H and O–H groups in total. The van der Waals surface area contributed by atoms with Gasteiger partial charge in [-0.1, -0.05) is 12.1 Å². The number of aromatic nitrogens is 2. The van der Waals surface area contributed by atoms with Crippen molar-refractivity contribution >= 4 is 23.5 Å². The number of carboxylic acids is 1. The molecule has 0 fully saturated rings. The number of rotatable bonds is 6. The molecule has 2 rings (SSSR count). The van der Waals surface area contributed by atoms with Gasteiger partial charge >= 0.3 is 5.97 Å². The second-order valence-electron chi connectivity index (χ2n) is 5.02. The predicted octanol–water partition coefficient (Wildman–Crippen LogP) is 2.10. The van der Waals surface area contributed by atoms with Gasteiger partial charge in [-0.25, -0.2) is 9.97 Å².